The average Bonchev–Trinajstić information content (AvgIpc) is 3.14. The van der Waals surface area contributed by atoms with Gasteiger partial charge in [0.2, 0.25) is 0 Å². The zero-order valence-electron chi connectivity index (χ0n) is 25.9. The summed E-state index contributed by atoms with van der Waals surface area (Å²) in [6.45, 7) is -1.20. The molecular formula is C36H40O10P2. The largest absolute Gasteiger partial charge is 0.394 e. The molecule has 2 aliphatic heterocycles. The number of rotatable bonds is 11. The fourth-order valence-corrected chi connectivity index (χ4v) is 11.0. The standard InChI is InChI=1S/C36H40O10P2/c37-21-27-29(39)31(41)32(42)35(43-27)45-36-34(47(23-13-5-1-6-14-23)24-15-7-2-8-16-24)33(30(40)28(22-38)44-36)46-48(25-17-9-3-10-18-25)26-19-11-4-12-20-26/h1-20,27-42H,21-22H2/t27-,28-,29-,30-,31+,32-,33-,34+,35-,36-/m1/s1. The normalized spacial score (nSPS) is 30.8. The molecule has 10 nitrogen and oxygen atoms in total. The SMILES string of the molecule is OC[C@H]1O[C@H](O[C@H]2O[C@H](CO)[C@@H](O)[C@@H](OP(c3ccccc3)c3ccccc3)[C@@H]2P(c2ccccc2)c2ccccc2)[C@H](O)[C@@H](O)[C@@H]1O. The summed E-state index contributed by atoms with van der Waals surface area (Å²) >= 11 is 0. The minimum atomic E-state index is -1.70. The smallest absolute Gasteiger partial charge is 0.189 e. The molecule has 10 atom stereocenters. The molecule has 0 saturated carbocycles. The first kappa shape index (κ1) is 35.2. The minimum Gasteiger partial charge on any atom is -0.394 e. The molecule has 2 saturated heterocycles. The van der Waals surface area contributed by atoms with E-state index in [0.717, 1.165) is 21.2 Å². The first-order chi connectivity index (χ1) is 23.4. The topological polar surface area (TPSA) is 158 Å². The second kappa shape index (κ2) is 16.4. The predicted molar refractivity (Wildman–Crippen MR) is 183 cm³/mol. The van der Waals surface area contributed by atoms with Gasteiger partial charge in [0.15, 0.2) is 12.6 Å². The van der Waals surface area contributed by atoms with Gasteiger partial charge in [-0.1, -0.05) is 121 Å². The molecule has 2 heterocycles. The van der Waals surface area contributed by atoms with Crippen LogP contribution >= 0.6 is 16.1 Å². The lowest BCUT2D eigenvalue weighted by Gasteiger charge is -2.49. The monoisotopic (exact) mass is 694 g/mol. The van der Waals surface area contributed by atoms with Crippen molar-refractivity contribution in [1.29, 1.82) is 0 Å². The van der Waals surface area contributed by atoms with E-state index in [9.17, 15) is 30.6 Å². The molecule has 0 unspecified atom stereocenters. The van der Waals surface area contributed by atoms with Crippen LogP contribution in [0.3, 0.4) is 0 Å². The van der Waals surface area contributed by atoms with E-state index >= 15 is 0 Å². The molecule has 6 rings (SSSR count). The predicted octanol–water partition coefficient (Wildman–Crippen LogP) is 0.816. The number of aliphatic hydroxyl groups is 6. The quantitative estimate of drug-likeness (QED) is 0.124. The molecule has 0 spiro atoms. The molecular weight excluding hydrogens is 654 g/mol. The summed E-state index contributed by atoms with van der Waals surface area (Å²) in [4.78, 5) is 0. The van der Waals surface area contributed by atoms with E-state index in [1.807, 2.05) is 121 Å². The Kier molecular flexibility index (Phi) is 12.0. The number of hydrogen-bond donors (Lipinski definition) is 6. The lowest BCUT2D eigenvalue weighted by molar-refractivity contribution is -0.355. The van der Waals surface area contributed by atoms with Crippen LogP contribution in [-0.4, -0.2) is 105 Å². The number of hydrogen-bond acceptors (Lipinski definition) is 10. The molecule has 48 heavy (non-hydrogen) atoms. The number of ether oxygens (including phenoxy) is 3. The number of aliphatic hydroxyl groups excluding tert-OH is 6. The van der Waals surface area contributed by atoms with Gasteiger partial charge in [0.25, 0.3) is 0 Å². The van der Waals surface area contributed by atoms with Crippen molar-refractivity contribution >= 4 is 37.3 Å². The second-order valence-corrected chi connectivity index (χ2v) is 15.8. The van der Waals surface area contributed by atoms with E-state index in [0.29, 0.717) is 0 Å². The van der Waals surface area contributed by atoms with Gasteiger partial charge in [0.05, 0.1) is 27.0 Å². The van der Waals surface area contributed by atoms with Crippen LogP contribution < -0.4 is 21.2 Å². The van der Waals surface area contributed by atoms with Crippen LogP contribution in [0.25, 0.3) is 0 Å². The summed E-state index contributed by atoms with van der Waals surface area (Å²) < 4.78 is 25.5. The second-order valence-electron chi connectivity index (χ2n) is 11.6. The Morgan fingerprint density at radius 1 is 0.500 bits per heavy atom. The summed E-state index contributed by atoms with van der Waals surface area (Å²) in [5.74, 6) is 0. The molecule has 12 heteroatoms. The third-order valence-corrected chi connectivity index (χ3v) is 13.3. The molecule has 2 fully saturated rings. The van der Waals surface area contributed by atoms with E-state index in [1.165, 1.54) is 0 Å². The van der Waals surface area contributed by atoms with Crippen molar-refractivity contribution in [2.24, 2.45) is 0 Å². The maximum atomic E-state index is 12.0. The highest BCUT2D eigenvalue weighted by Crippen LogP contribution is 2.51. The maximum absolute atomic E-state index is 12.0. The van der Waals surface area contributed by atoms with Crippen molar-refractivity contribution in [3.05, 3.63) is 121 Å². The Morgan fingerprint density at radius 3 is 1.38 bits per heavy atom. The Balaban J connectivity index is 1.49. The van der Waals surface area contributed by atoms with E-state index in [1.54, 1.807) is 0 Å². The van der Waals surface area contributed by atoms with Crippen LogP contribution in [0.5, 0.6) is 0 Å². The van der Waals surface area contributed by atoms with Crippen molar-refractivity contribution in [2.75, 3.05) is 13.2 Å². The van der Waals surface area contributed by atoms with E-state index in [2.05, 4.69) is 0 Å². The Morgan fingerprint density at radius 2 is 0.917 bits per heavy atom. The third kappa shape index (κ3) is 7.57. The van der Waals surface area contributed by atoms with Crippen molar-refractivity contribution in [1.82, 2.24) is 0 Å². The summed E-state index contributed by atoms with van der Waals surface area (Å²) in [6, 6.07) is 38.9. The molecule has 0 aliphatic carbocycles. The highest BCUT2D eigenvalue weighted by atomic mass is 31.1. The molecule has 0 amide bonds. The Bertz CT molecular complexity index is 1460. The van der Waals surface area contributed by atoms with Crippen LogP contribution in [0.15, 0.2) is 121 Å². The summed E-state index contributed by atoms with van der Waals surface area (Å²) in [5, 5.41) is 68.0. The Hall–Kier alpha value is -2.66. The molecule has 4 aromatic carbocycles. The van der Waals surface area contributed by atoms with Crippen LogP contribution in [0, 0.1) is 0 Å². The van der Waals surface area contributed by atoms with Crippen LogP contribution in [0.1, 0.15) is 0 Å². The lowest BCUT2D eigenvalue weighted by Crippen LogP contribution is -2.64. The van der Waals surface area contributed by atoms with Gasteiger partial charge in [-0.2, -0.15) is 0 Å². The summed E-state index contributed by atoms with van der Waals surface area (Å²) in [6.07, 6.45) is -12.4. The molecule has 0 aromatic heterocycles. The van der Waals surface area contributed by atoms with Gasteiger partial charge >= 0.3 is 0 Å². The van der Waals surface area contributed by atoms with Crippen molar-refractivity contribution in [3.8, 4) is 0 Å². The summed E-state index contributed by atoms with van der Waals surface area (Å²) in [5.41, 5.74) is -0.757. The average molecular weight is 695 g/mol. The van der Waals surface area contributed by atoms with Gasteiger partial charge in [0, 0.05) is 10.6 Å². The third-order valence-electron chi connectivity index (χ3n) is 8.51. The van der Waals surface area contributed by atoms with Gasteiger partial charge in [-0.25, -0.2) is 0 Å². The lowest BCUT2D eigenvalue weighted by atomic mass is 9.99. The van der Waals surface area contributed by atoms with Gasteiger partial charge in [-0.3, -0.25) is 0 Å². The zero-order valence-corrected chi connectivity index (χ0v) is 27.7. The molecule has 254 valence electrons. The molecule has 4 aromatic rings. The molecule has 2 aliphatic rings. The summed E-state index contributed by atoms with van der Waals surface area (Å²) in [7, 11) is -2.96. The molecule has 0 bridgehead atoms. The minimum absolute atomic E-state index is 0.564. The maximum Gasteiger partial charge on any atom is 0.189 e. The van der Waals surface area contributed by atoms with Gasteiger partial charge in [-0.05, 0) is 18.5 Å². The molecule has 6 N–H and O–H groups in total. The van der Waals surface area contributed by atoms with Gasteiger partial charge in [-0.15, -0.1) is 0 Å². The van der Waals surface area contributed by atoms with Crippen LogP contribution in [0.2, 0.25) is 0 Å². The van der Waals surface area contributed by atoms with E-state index in [4.69, 9.17) is 18.7 Å². The first-order valence-electron chi connectivity index (χ1n) is 15.8. The first-order valence-corrected chi connectivity index (χ1v) is 18.4. The fourth-order valence-electron chi connectivity index (χ4n) is 6.06. The Labute approximate surface area is 281 Å². The highest BCUT2D eigenvalue weighted by Gasteiger charge is 2.54. The van der Waals surface area contributed by atoms with E-state index in [-0.39, 0.29) is 0 Å². The van der Waals surface area contributed by atoms with Crippen LogP contribution in [-0.2, 0) is 18.7 Å². The van der Waals surface area contributed by atoms with Crippen molar-refractivity contribution in [2.45, 2.75) is 61.0 Å². The van der Waals surface area contributed by atoms with Crippen molar-refractivity contribution in [3.63, 3.8) is 0 Å². The molecule has 0 radical (unpaired) electrons. The van der Waals surface area contributed by atoms with Gasteiger partial charge < -0.3 is 49.4 Å². The highest BCUT2D eigenvalue weighted by molar-refractivity contribution is 7.73. The zero-order chi connectivity index (χ0) is 33.6. The van der Waals surface area contributed by atoms with E-state index < -0.39 is 90.3 Å². The van der Waals surface area contributed by atoms with Crippen LogP contribution in [0.4, 0.5) is 0 Å². The van der Waals surface area contributed by atoms with Crippen molar-refractivity contribution < 1.29 is 49.4 Å². The van der Waals surface area contributed by atoms with Gasteiger partial charge in [0.1, 0.15) is 42.7 Å². The fraction of sp³-hybridized carbons (Fsp3) is 0.333. The number of benzene rings is 4.